The zero-order valence-corrected chi connectivity index (χ0v) is 13.3. The van der Waals surface area contributed by atoms with Crippen molar-refractivity contribution in [3.05, 3.63) is 35.9 Å². The monoisotopic (exact) mass is 274 g/mol. The Morgan fingerprint density at radius 1 is 1.20 bits per heavy atom. The van der Waals surface area contributed by atoms with Gasteiger partial charge < -0.3 is 5.73 Å². The van der Waals surface area contributed by atoms with Crippen molar-refractivity contribution in [1.29, 1.82) is 0 Å². The quantitative estimate of drug-likeness (QED) is 0.854. The van der Waals surface area contributed by atoms with Gasteiger partial charge in [0.2, 0.25) is 0 Å². The highest BCUT2D eigenvalue weighted by Gasteiger charge is 2.33. The van der Waals surface area contributed by atoms with E-state index in [4.69, 9.17) is 5.73 Å². The highest BCUT2D eigenvalue weighted by molar-refractivity contribution is 5.19. The van der Waals surface area contributed by atoms with Crippen LogP contribution in [0.3, 0.4) is 0 Å². The lowest BCUT2D eigenvalue weighted by molar-refractivity contribution is 0.126. The van der Waals surface area contributed by atoms with Gasteiger partial charge in [0, 0.05) is 12.1 Å². The molecule has 1 fully saturated rings. The van der Waals surface area contributed by atoms with Gasteiger partial charge in [0.25, 0.3) is 0 Å². The maximum Gasteiger partial charge on any atom is 0.0350 e. The minimum atomic E-state index is 0.522. The summed E-state index contributed by atoms with van der Waals surface area (Å²) < 4.78 is 0. The largest absolute Gasteiger partial charge is 0.330 e. The van der Waals surface area contributed by atoms with Gasteiger partial charge >= 0.3 is 0 Å². The first kappa shape index (κ1) is 15.5. The molecule has 0 spiro atoms. The molecule has 1 aromatic carbocycles. The van der Waals surface area contributed by atoms with Crippen molar-refractivity contribution in [3.63, 3.8) is 0 Å². The van der Waals surface area contributed by atoms with Crippen molar-refractivity contribution in [1.82, 2.24) is 4.90 Å². The molecule has 2 nitrogen and oxygen atoms in total. The number of nitrogens with zero attached hydrogens (tertiary/aromatic N) is 1. The van der Waals surface area contributed by atoms with Gasteiger partial charge in [-0.2, -0.15) is 0 Å². The van der Waals surface area contributed by atoms with E-state index in [1.165, 1.54) is 31.2 Å². The lowest BCUT2D eigenvalue weighted by atomic mass is 9.92. The second-order valence-electron chi connectivity index (χ2n) is 6.72. The Hall–Kier alpha value is -0.860. The average molecular weight is 274 g/mol. The first-order chi connectivity index (χ1) is 9.63. The van der Waals surface area contributed by atoms with Gasteiger partial charge in [0.05, 0.1) is 0 Å². The highest BCUT2D eigenvalue weighted by atomic mass is 15.2. The molecule has 0 amide bonds. The summed E-state index contributed by atoms with van der Waals surface area (Å²) in [6.07, 6.45) is 5.16. The van der Waals surface area contributed by atoms with Crippen LogP contribution in [-0.4, -0.2) is 24.5 Å². The van der Waals surface area contributed by atoms with Crippen molar-refractivity contribution in [2.24, 2.45) is 17.6 Å². The molecule has 2 rings (SSSR count). The molecule has 0 saturated heterocycles. The van der Waals surface area contributed by atoms with Gasteiger partial charge in [-0.05, 0) is 50.3 Å². The van der Waals surface area contributed by atoms with Gasteiger partial charge in [0.15, 0.2) is 0 Å². The number of nitrogens with two attached hydrogens (primary N) is 1. The van der Waals surface area contributed by atoms with Crippen molar-refractivity contribution < 1.29 is 0 Å². The summed E-state index contributed by atoms with van der Waals surface area (Å²) in [5.41, 5.74) is 7.43. The fraction of sp³-hybridized carbons (Fsp3) is 0.667. The van der Waals surface area contributed by atoms with Crippen LogP contribution in [0.2, 0.25) is 0 Å². The summed E-state index contributed by atoms with van der Waals surface area (Å²) >= 11 is 0. The summed E-state index contributed by atoms with van der Waals surface area (Å²) in [4.78, 5) is 2.61. The Kier molecular flexibility index (Phi) is 5.62. The van der Waals surface area contributed by atoms with Crippen LogP contribution >= 0.6 is 0 Å². The standard InChI is InChI=1S/C18H30N2/c1-14(2)12-18(15-8-5-4-6-9-15)20(3)17-11-7-10-16(17)13-19/h4-6,8-9,14,16-18H,7,10-13,19H2,1-3H3. The summed E-state index contributed by atoms with van der Waals surface area (Å²) in [5.74, 6) is 1.39. The van der Waals surface area contributed by atoms with E-state index in [-0.39, 0.29) is 0 Å². The molecule has 0 bridgehead atoms. The van der Waals surface area contributed by atoms with E-state index < -0.39 is 0 Å². The molecule has 1 aromatic rings. The molecular formula is C18H30N2. The summed E-state index contributed by atoms with van der Waals surface area (Å²) in [5, 5.41) is 0. The smallest absolute Gasteiger partial charge is 0.0350 e. The Balaban J connectivity index is 2.18. The van der Waals surface area contributed by atoms with E-state index in [0.29, 0.717) is 23.9 Å². The maximum atomic E-state index is 5.98. The van der Waals surface area contributed by atoms with Gasteiger partial charge in [0.1, 0.15) is 0 Å². The predicted octanol–water partition coefficient (Wildman–Crippen LogP) is 3.83. The molecule has 2 N–H and O–H groups in total. The van der Waals surface area contributed by atoms with Crippen LogP contribution in [0, 0.1) is 11.8 Å². The van der Waals surface area contributed by atoms with Crippen LogP contribution < -0.4 is 5.73 Å². The van der Waals surface area contributed by atoms with Crippen LogP contribution in [0.15, 0.2) is 30.3 Å². The molecule has 0 aliphatic heterocycles. The second-order valence-corrected chi connectivity index (χ2v) is 6.72. The number of benzene rings is 1. The normalized spacial score (nSPS) is 24.5. The third-order valence-electron chi connectivity index (χ3n) is 4.82. The summed E-state index contributed by atoms with van der Waals surface area (Å²) in [6.45, 7) is 5.47. The van der Waals surface area contributed by atoms with E-state index in [2.05, 4.69) is 56.1 Å². The fourth-order valence-electron chi connectivity index (χ4n) is 3.72. The lowest BCUT2D eigenvalue weighted by Gasteiger charge is -2.37. The Morgan fingerprint density at radius 3 is 2.50 bits per heavy atom. The van der Waals surface area contributed by atoms with Gasteiger partial charge in [-0.15, -0.1) is 0 Å². The van der Waals surface area contributed by atoms with E-state index in [0.717, 1.165) is 6.54 Å². The molecule has 20 heavy (non-hydrogen) atoms. The Labute approximate surface area is 124 Å². The van der Waals surface area contributed by atoms with Crippen LogP contribution in [0.1, 0.15) is 51.1 Å². The molecule has 0 radical (unpaired) electrons. The van der Waals surface area contributed by atoms with E-state index in [9.17, 15) is 0 Å². The van der Waals surface area contributed by atoms with E-state index >= 15 is 0 Å². The first-order valence-corrected chi connectivity index (χ1v) is 8.10. The van der Waals surface area contributed by atoms with E-state index in [1.807, 2.05) is 0 Å². The summed E-state index contributed by atoms with van der Waals surface area (Å²) in [7, 11) is 2.30. The van der Waals surface area contributed by atoms with E-state index in [1.54, 1.807) is 0 Å². The third kappa shape index (κ3) is 3.62. The van der Waals surface area contributed by atoms with Crippen LogP contribution in [0.5, 0.6) is 0 Å². The summed E-state index contributed by atoms with van der Waals surface area (Å²) in [6, 6.07) is 12.1. The Bertz CT molecular complexity index is 388. The number of rotatable bonds is 6. The fourth-order valence-corrected chi connectivity index (χ4v) is 3.72. The first-order valence-electron chi connectivity index (χ1n) is 8.10. The van der Waals surface area contributed by atoms with Gasteiger partial charge in [-0.1, -0.05) is 50.6 Å². The van der Waals surface area contributed by atoms with Gasteiger partial charge in [-0.25, -0.2) is 0 Å². The van der Waals surface area contributed by atoms with Crippen molar-refractivity contribution >= 4 is 0 Å². The molecule has 1 aliphatic rings. The van der Waals surface area contributed by atoms with Crippen molar-refractivity contribution in [2.75, 3.05) is 13.6 Å². The molecule has 3 unspecified atom stereocenters. The molecular weight excluding hydrogens is 244 g/mol. The van der Waals surface area contributed by atoms with Gasteiger partial charge in [-0.3, -0.25) is 4.90 Å². The van der Waals surface area contributed by atoms with Crippen LogP contribution in [0.4, 0.5) is 0 Å². The predicted molar refractivity (Wildman–Crippen MR) is 86.6 cm³/mol. The molecule has 0 aromatic heterocycles. The van der Waals surface area contributed by atoms with Crippen molar-refractivity contribution in [3.8, 4) is 0 Å². The molecule has 2 heteroatoms. The zero-order chi connectivity index (χ0) is 14.5. The maximum absolute atomic E-state index is 5.98. The van der Waals surface area contributed by atoms with Crippen LogP contribution in [-0.2, 0) is 0 Å². The second kappa shape index (κ2) is 7.24. The lowest BCUT2D eigenvalue weighted by Crippen LogP contribution is -2.40. The Morgan fingerprint density at radius 2 is 1.90 bits per heavy atom. The molecule has 0 heterocycles. The molecule has 1 aliphatic carbocycles. The van der Waals surface area contributed by atoms with Crippen LogP contribution in [0.25, 0.3) is 0 Å². The SMILES string of the molecule is CC(C)CC(c1ccccc1)N(C)C1CCCC1CN. The zero-order valence-electron chi connectivity index (χ0n) is 13.3. The molecule has 3 atom stereocenters. The molecule has 1 saturated carbocycles. The highest BCUT2D eigenvalue weighted by Crippen LogP contribution is 2.36. The number of hydrogen-bond donors (Lipinski definition) is 1. The topological polar surface area (TPSA) is 29.3 Å². The molecule has 112 valence electrons. The average Bonchev–Trinajstić information content (AvgIpc) is 2.93. The minimum absolute atomic E-state index is 0.522. The number of hydrogen-bond acceptors (Lipinski definition) is 2. The minimum Gasteiger partial charge on any atom is -0.330 e. The third-order valence-corrected chi connectivity index (χ3v) is 4.82. The van der Waals surface area contributed by atoms with Crippen molar-refractivity contribution in [2.45, 2.75) is 51.6 Å².